The van der Waals surface area contributed by atoms with Crippen LogP contribution in [-0.4, -0.2) is 81.1 Å². The molecule has 11 nitrogen and oxygen atoms in total. The molecule has 4 N–H and O–H groups in total. The van der Waals surface area contributed by atoms with Gasteiger partial charge in [-0.25, -0.2) is 0 Å². The van der Waals surface area contributed by atoms with E-state index in [-0.39, 0.29) is 79.4 Å². The van der Waals surface area contributed by atoms with Gasteiger partial charge in [0.2, 0.25) is 0 Å². The van der Waals surface area contributed by atoms with Gasteiger partial charge in [0.05, 0.1) is 29.4 Å². The SMILES string of the molecule is C=CC1CN2CCC1CC2[C@H](O)c1ccnc2ccccc12.CC.O.O=C(O)C1CC2CC1C(=O)O2.O=CC1CC2CC1C(=O)O2.[CH3-].[V]. The topological polar surface area (TPSA) is 175 Å². The van der Waals surface area contributed by atoms with Crippen molar-refractivity contribution in [2.75, 3.05) is 13.1 Å². The van der Waals surface area contributed by atoms with Crippen molar-refractivity contribution in [2.24, 2.45) is 35.5 Å². The number of aliphatic hydroxyl groups excluding tert-OH is 1. The molecule has 263 valence electrons. The van der Waals surface area contributed by atoms with Crippen LogP contribution in [0.5, 0.6) is 0 Å². The molecule has 6 heterocycles. The number of piperidine rings is 3. The summed E-state index contributed by atoms with van der Waals surface area (Å²) in [5.74, 6) is -1.11. The minimum Gasteiger partial charge on any atom is -0.481 e. The van der Waals surface area contributed by atoms with Crippen LogP contribution in [0.25, 0.3) is 10.9 Å². The Labute approximate surface area is 294 Å². The van der Waals surface area contributed by atoms with Crippen LogP contribution in [0, 0.1) is 42.9 Å². The number of nitrogens with zero attached hydrogens (tertiary/aromatic N) is 2. The van der Waals surface area contributed by atoms with E-state index in [1.807, 2.05) is 44.3 Å². The predicted octanol–water partition coefficient (Wildman–Crippen LogP) is 3.97. The van der Waals surface area contributed by atoms with E-state index in [9.17, 15) is 24.3 Å². The van der Waals surface area contributed by atoms with Crippen LogP contribution in [-0.2, 0) is 47.2 Å². The Hall–Kier alpha value is -3.09. The van der Waals surface area contributed by atoms with E-state index in [4.69, 9.17) is 14.6 Å². The van der Waals surface area contributed by atoms with Gasteiger partial charge in [-0.2, -0.15) is 0 Å². The normalized spacial score (nSPS) is 33.2. The Balaban J connectivity index is 0.000000261. The Bertz CT molecular complexity index is 1420. The maximum atomic E-state index is 11.0. The zero-order chi connectivity index (χ0) is 32.2. The van der Waals surface area contributed by atoms with E-state index in [1.165, 1.54) is 6.42 Å². The van der Waals surface area contributed by atoms with Gasteiger partial charge in [-0.15, -0.1) is 6.58 Å². The van der Waals surface area contributed by atoms with Crippen molar-refractivity contribution >= 4 is 35.1 Å². The maximum absolute atomic E-state index is 11.0. The largest absolute Gasteiger partial charge is 0.481 e. The van der Waals surface area contributed by atoms with Crippen molar-refractivity contribution in [3.8, 4) is 0 Å². The maximum Gasteiger partial charge on any atom is 0.310 e. The number of hydrogen-bond acceptors (Lipinski definition) is 9. The molecule has 7 fully saturated rings. The third kappa shape index (κ3) is 8.37. The molecule has 6 bridgehead atoms. The Morgan fingerprint density at radius 1 is 1.00 bits per heavy atom. The second kappa shape index (κ2) is 18.1. The van der Waals surface area contributed by atoms with E-state index in [0.717, 1.165) is 55.1 Å². The molecule has 2 aliphatic carbocycles. The predicted molar refractivity (Wildman–Crippen MR) is 176 cm³/mol. The summed E-state index contributed by atoms with van der Waals surface area (Å²) in [6.07, 6.45) is 9.20. The summed E-state index contributed by atoms with van der Waals surface area (Å²) in [5.41, 5.74) is 1.97. The van der Waals surface area contributed by atoms with Crippen LogP contribution in [0.15, 0.2) is 49.2 Å². The molecule has 5 saturated heterocycles. The summed E-state index contributed by atoms with van der Waals surface area (Å²) in [4.78, 5) is 49.4. The number of hydrogen-bond donors (Lipinski definition) is 2. The second-order valence-electron chi connectivity index (χ2n) is 12.6. The molecule has 12 heteroatoms. The molecule has 11 atom stereocenters. The van der Waals surface area contributed by atoms with Crippen molar-refractivity contribution < 1.29 is 62.9 Å². The first-order valence-electron chi connectivity index (χ1n) is 16.2. The number of para-hydroxylation sites is 1. The summed E-state index contributed by atoms with van der Waals surface area (Å²) in [7, 11) is 0. The summed E-state index contributed by atoms with van der Waals surface area (Å²) < 4.78 is 9.73. The molecule has 48 heavy (non-hydrogen) atoms. The molecule has 1 radical (unpaired) electrons. The zero-order valence-corrected chi connectivity index (χ0v) is 29.3. The fourth-order valence-corrected chi connectivity index (χ4v) is 7.95. The van der Waals surface area contributed by atoms with Crippen LogP contribution >= 0.6 is 0 Å². The molecule has 5 aliphatic heterocycles. The summed E-state index contributed by atoms with van der Waals surface area (Å²) in [6.45, 7) is 10.1. The van der Waals surface area contributed by atoms with E-state index in [1.54, 1.807) is 0 Å². The van der Waals surface area contributed by atoms with E-state index >= 15 is 0 Å². The van der Waals surface area contributed by atoms with Gasteiger partial charge in [0.25, 0.3) is 0 Å². The number of ether oxygens (including phenoxy) is 2. The summed E-state index contributed by atoms with van der Waals surface area (Å²) in [6, 6.07) is 10.3. The third-order valence-corrected chi connectivity index (χ3v) is 10.3. The fourth-order valence-electron chi connectivity index (χ4n) is 7.95. The molecular weight excluding hydrogens is 655 g/mol. The minimum atomic E-state index is -0.867. The molecule has 9 rings (SSSR count). The molecule has 10 unspecified atom stereocenters. The molecular formula is C36H49N2O9V-. The third-order valence-electron chi connectivity index (χ3n) is 10.3. The number of carboxylic acids is 1. The first-order valence-corrected chi connectivity index (χ1v) is 16.2. The second-order valence-corrected chi connectivity index (χ2v) is 12.6. The van der Waals surface area contributed by atoms with Gasteiger partial charge in [-0.1, -0.05) is 38.1 Å². The number of rotatable bonds is 5. The number of carbonyl (C=O) groups is 4. The Morgan fingerprint density at radius 2 is 1.65 bits per heavy atom. The zero-order valence-electron chi connectivity index (χ0n) is 27.9. The fraction of sp³-hybridized carbons (Fsp3) is 0.556. The number of aromatic nitrogens is 1. The molecule has 2 saturated carbocycles. The van der Waals surface area contributed by atoms with Crippen molar-refractivity contribution in [3.63, 3.8) is 0 Å². The van der Waals surface area contributed by atoms with Crippen molar-refractivity contribution in [1.29, 1.82) is 0 Å². The monoisotopic (exact) mass is 704 g/mol. The number of pyridine rings is 1. The van der Waals surface area contributed by atoms with Crippen molar-refractivity contribution in [1.82, 2.24) is 9.88 Å². The number of fused-ring (bicyclic) bond motifs is 8. The van der Waals surface area contributed by atoms with E-state index in [2.05, 4.69) is 28.6 Å². The number of carboxylic acid groups (broad SMARTS) is 1. The molecule has 7 aliphatic rings. The molecule has 0 spiro atoms. The molecule has 1 aromatic carbocycles. The average molecular weight is 705 g/mol. The van der Waals surface area contributed by atoms with Crippen LogP contribution in [0.4, 0.5) is 0 Å². The van der Waals surface area contributed by atoms with Crippen LogP contribution in [0.2, 0.25) is 0 Å². The standard InChI is InChI=1S/C19H22N2O.C7H8O4.C7H8O3.C2H6.CH3.H2O.V/c1-2-13-12-21-10-8-14(13)11-18(21)19(22)16-7-9-20-17-6-4-3-5-15(16)17;8-6(9)4-1-3-2-5(4)7(10)11-3;8-3-4-1-5-2-6(4)7(9)10-5;1-2;;;/h2-7,9,13-14,18-19,22H,1,8,10-12H2;3-5H,1-2H2,(H,8,9);3-6H,1-2H2;1-2H3;1H3;1H2;/q;;;;-1;;/t13?,14?,18?,19-;;;;;;/m1....../s1. The van der Waals surface area contributed by atoms with Crippen LogP contribution < -0.4 is 0 Å². The quantitative estimate of drug-likeness (QED) is 0.201. The number of aliphatic carboxylic acids is 1. The smallest absolute Gasteiger partial charge is 0.310 e. The van der Waals surface area contributed by atoms with Crippen LogP contribution in [0.1, 0.15) is 64.0 Å². The Morgan fingerprint density at radius 3 is 2.15 bits per heavy atom. The van der Waals surface area contributed by atoms with Gasteiger partial charge in [0.1, 0.15) is 18.5 Å². The van der Waals surface area contributed by atoms with Crippen molar-refractivity contribution in [3.05, 3.63) is 62.2 Å². The summed E-state index contributed by atoms with van der Waals surface area (Å²) >= 11 is 0. The number of aldehydes is 1. The van der Waals surface area contributed by atoms with Crippen molar-refractivity contribution in [2.45, 2.75) is 76.7 Å². The molecule has 2 aromatic rings. The average Bonchev–Trinajstić information content (AvgIpc) is 3.87. The number of carbonyl (C=O) groups excluding carboxylic acids is 3. The first-order chi connectivity index (χ1) is 21.8. The molecule has 1 aromatic heterocycles. The van der Waals surface area contributed by atoms with Gasteiger partial charge in [0, 0.05) is 48.6 Å². The number of esters is 2. The van der Waals surface area contributed by atoms with Gasteiger partial charge < -0.3 is 37.4 Å². The number of aliphatic hydroxyl groups is 1. The van der Waals surface area contributed by atoms with Gasteiger partial charge >= 0.3 is 17.9 Å². The Kier molecular flexibility index (Phi) is 15.5. The summed E-state index contributed by atoms with van der Waals surface area (Å²) in [5, 5.41) is 20.7. The van der Waals surface area contributed by atoms with Gasteiger partial charge in [-0.05, 0) is 74.6 Å². The van der Waals surface area contributed by atoms with Crippen LogP contribution in [0.3, 0.4) is 0 Å². The van der Waals surface area contributed by atoms with Gasteiger partial charge in [0.15, 0.2) is 0 Å². The minimum absolute atomic E-state index is 0. The number of benzene rings is 1. The first kappa shape index (κ1) is 41.1. The van der Waals surface area contributed by atoms with Gasteiger partial charge in [-0.3, -0.25) is 24.3 Å². The van der Waals surface area contributed by atoms with E-state index in [0.29, 0.717) is 24.7 Å². The molecule has 0 amide bonds. The van der Waals surface area contributed by atoms with E-state index < -0.39 is 18.0 Å².